The van der Waals surface area contributed by atoms with Crippen molar-refractivity contribution in [3.05, 3.63) is 0 Å². The molecule has 5 heteroatoms. The van der Waals surface area contributed by atoms with E-state index in [2.05, 4.69) is 10.5 Å². The second-order valence-electron chi connectivity index (χ2n) is 4.15. The number of amidine groups is 1. The molecule has 1 unspecified atom stereocenters. The van der Waals surface area contributed by atoms with Crippen LogP contribution >= 0.6 is 0 Å². The van der Waals surface area contributed by atoms with Gasteiger partial charge < -0.3 is 21.0 Å². The van der Waals surface area contributed by atoms with Gasteiger partial charge in [-0.05, 0) is 18.8 Å². The van der Waals surface area contributed by atoms with E-state index < -0.39 is 0 Å². The van der Waals surface area contributed by atoms with E-state index in [0.717, 1.165) is 25.7 Å². The van der Waals surface area contributed by atoms with Gasteiger partial charge in [0.15, 0.2) is 0 Å². The number of nitrogens with one attached hydrogen (secondary N) is 1. The topological polar surface area (TPSA) is 79.9 Å². The summed E-state index contributed by atoms with van der Waals surface area (Å²) in [6.45, 7) is 5.07. The summed E-state index contributed by atoms with van der Waals surface area (Å²) in [6.07, 6.45) is 2.65. The van der Waals surface area contributed by atoms with Gasteiger partial charge in [0.1, 0.15) is 5.84 Å². The lowest BCUT2D eigenvalue weighted by molar-refractivity contribution is 0.126. The SMILES string of the molecule is CC(CNCCOCC1CC1)C(N)=NO. The molecule has 1 aliphatic carbocycles. The van der Waals surface area contributed by atoms with Gasteiger partial charge in [-0.3, -0.25) is 0 Å². The minimum absolute atomic E-state index is 0.0541. The van der Waals surface area contributed by atoms with Gasteiger partial charge in [-0.25, -0.2) is 0 Å². The highest BCUT2D eigenvalue weighted by molar-refractivity contribution is 5.82. The van der Waals surface area contributed by atoms with Crippen LogP contribution in [0.4, 0.5) is 0 Å². The van der Waals surface area contributed by atoms with Gasteiger partial charge in [-0.2, -0.15) is 0 Å². The van der Waals surface area contributed by atoms with Gasteiger partial charge in [0.25, 0.3) is 0 Å². The summed E-state index contributed by atoms with van der Waals surface area (Å²) in [4.78, 5) is 0. The molecule has 0 aromatic rings. The number of nitrogens with two attached hydrogens (primary N) is 1. The zero-order valence-electron chi connectivity index (χ0n) is 9.28. The maximum Gasteiger partial charge on any atom is 0.143 e. The molecule has 0 aliphatic heterocycles. The summed E-state index contributed by atoms with van der Waals surface area (Å²) in [5.74, 6) is 1.14. The quantitative estimate of drug-likeness (QED) is 0.180. The van der Waals surface area contributed by atoms with Gasteiger partial charge in [0.2, 0.25) is 0 Å². The van der Waals surface area contributed by atoms with E-state index >= 15 is 0 Å². The highest BCUT2D eigenvalue weighted by Gasteiger charge is 2.20. The molecule has 1 atom stereocenters. The molecule has 0 aromatic heterocycles. The Kier molecular flexibility index (Phi) is 5.42. The monoisotopic (exact) mass is 215 g/mol. The third kappa shape index (κ3) is 5.59. The maximum absolute atomic E-state index is 8.42. The van der Waals surface area contributed by atoms with E-state index in [1.807, 2.05) is 6.92 Å². The van der Waals surface area contributed by atoms with Gasteiger partial charge in [0, 0.05) is 25.6 Å². The van der Waals surface area contributed by atoms with Gasteiger partial charge in [-0.1, -0.05) is 12.1 Å². The molecule has 0 radical (unpaired) electrons. The van der Waals surface area contributed by atoms with Crippen LogP contribution in [0.5, 0.6) is 0 Å². The van der Waals surface area contributed by atoms with Crippen molar-refractivity contribution in [2.24, 2.45) is 22.7 Å². The average Bonchev–Trinajstić information content (AvgIpc) is 3.05. The Morgan fingerprint density at radius 3 is 3.00 bits per heavy atom. The Hall–Kier alpha value is -0.810. The van der Waals surface area contributed by atoms with Crippen molar-refractivity contribution in [3.63, 3.8) is 0 Å². The van der Waals surface area contributed by atoms with Crippen LogP contribution in [0.2, 0.25) is 0 Å². The Labute approximate surface area is 90.7 Å². The Morgan fingerprint density at radius 2 is 2.40 bits per heavy atom. The Balaban J connectivity index is 1.86. The average molecular weight is 215 g/mol. The lowest BCUT2D eigenvalue weighted by Crippen LogP contribution is -2.32. The number of oxime groups is 1. The first-order chi connectivity index (χ1) is 7.24. The van der Waals surface area contributed by atoms with Crippen LogP contribution in [-0.2, 0) is 4.74 Å². The molecule has 4 N–H and O–H groups in total. The molecule has 0 amide bonds. The largest absolute Gasteiger partial charge is 0.409 e. The molecule has 0 saturated heterocycles. The van der Waals surface area contributed by atoms with Crippen molar-refractivity contribution in [1.82, 2.24) is 5.32 Å². The molecule has 15 heavy (non-hydrogen) atoms. The van der Waals surface area contributed by atoms with E-state index in [4.69, 9.17) is 15.7 Å². The van der Waals surface area contributed by atoms with Gasteiger partial charge in [0.05, 0.1) is 6.61 Å². The Bertz CT molecular complexity index is 205. The third-order valence-corrected chi connectivity index (χ3v) is 2.54. The van der Waals surface area contributed by atoms with Crippen molar-refractivity contribution >= 4 is 5.84 Å². The van der Waals surface area contributed by atoms with E-state index in [-0.39, 0.29) is 11.8 Å². The van der Waals surface area contributed by atoms with Gasteiger partial charge in [-0.15, -0.1) is 0 Å². The number of ether oxygens (including phenoxy) is 1. The first-order valence-electron chi connectivity index (χ1n) is 5.50. The van der Waals surface area contributed by atoms with E-state index in [0.29, 0.717) is 6.54 Å². The minimum atomic E-state index is 0.0541. The lowest BCUT2D eigenvalue weighted by atomic mass is 10.1. The second-order valence-corrected chi connectivity index (χ2v) is 4.15. The molecule has 1 fully saturated rings. The van der Waals surface area contributed by atoms with E-state index in [9.17, 15) is 0 Å². The van der Waals surface area contributed by atoms with Crippen molar-refractivity contribution in [1.29, 1.82) is 0 Å². The van der Waals surface area contributed by atoms with Crippen LogP contribution in [0.1, 0.15) is 19.8 Å². The molecule has 0 bridgehead atoms. The molecule has 0 aromatic carbocycles. The highest BCUT2D eigenvalue weighted by Crippen LogP contribution is 2.28. The van der Waals surface area contributed by atoms with Crippen molar-refractivity contribution in [2.75, 3.05) is 26.3 Å². The number of rotatable bonds is 8. The third-order valence-electron chi connectivity index (χ3n) is 2.54. The first kappa shape index (κ1) is 12.3. The second kappa shape index (κ2) is 6.63. The smallest absolute Gasteiger partial charge is 0.143 e. The molecule has 0 spiro atoms. The lowest BCUT2D eigenvalue weighted by Gasteiger charge is -2.10. The van der Waals surface area contributed by atoms with Crippen LogP contribution < -0.4 is 11.1 Å². The predicted octanol–water partition coefficient (Wildman–Crippen LogP) is 0.385. The fourth-order valence-corrected chi connectivity index (χ4v) is 1.20. The van der Waals surface area contributed by atoms with E-state index in [1.54, 1.807) is 0 Å². The van der Waals surface area contributed by atoms with Crippen LogP contribution in [0, 0.1) is 11.8 Å². The molecule has 1 saturated carbocycles. The molecular formula is C10H21N3O2. The summed E-state index contributed by atoms with van der Waals surface area (Å²) in [7, 11) is 0. The molecule has 5 nitrogen and oxygen atoms in total. The molecule has 88 valence electrons. The maximum atomic E-state index is 8.42. The number of nitrogens with zero attached hydrogens (tertiary/aromatic N) is 1. The molecule has 1 aliphatic rings. The first-order valence-corrected chi connectivity index (χ1v) is 5.50. The standard InChI is InChI=1S/C10H21N3O2/c1-8(10(11)13-14)6-12-4-5-15-7-9-2-3-9/h8-9,12,14H,2-7H2,1H3,(H2,11,13). The van der Waals surface area contributed by atoms with Crippen molar-refractivity contribution in [3.8, 4) is 0 Å². The zero-order valence-corrected chi connectivity index (χ0v) is 9.28. The Morgan fingerprint density at radius 1 is 1.67 bits per heavy atom. The molecular weight excluding hydrogens is 194 g/mol. The van der Waals surface area contributed by atoms with Crippen molar-refractivity contribution < 1.29 is 9.94 Å². The summed E-state index contributed by atoms with van der Waals surface area (Å²) in [5, 5.41) is 14.6. The molecule has 0 heterocycles. The normalized spacial score (nSPS) is 19.1. The number of hydrogen-bond acceptors (Lipinski definition) is 4. The summed E-state index contributed by atoms with van der Waals surface area (Å²) >= 11 is 0. The number of hydrogen-bond donors (Lipinski definition) is 3. The van der Waals surface area contributed by atoms with Crippen LogP contribution in [0.15, 0.2) is 5.16 Å². The van der Waals surface area contributed by atoms with Crippen LogP contribution in [-0.4, -0.2) is 37.3 Å². The van der Waals surface area contributed by atoms with Gasteiger partial charge >= 0.3 is 0 Å². The van der Waals surface area contributed by atoms with Crippen LogP contribution in [0.3, 0.4) is 0 Å². The molecule has 1 rings (SSSR count). The summed E-state index contributed by atoms with van der Waals surface area (Å²) < 4.78 is 5.45. The predicted molar refractivity (Wildman–Crippen MR) is 59.0 cm³/mol. The fraction of sp³-hybridized carbons (Fsp3) is 0.900. The minimum Gasteiger partial charge on any atom is -0.409 e. The summed E-state index contributed by atoms with van der Waals surface area (Å²) in [6, 6.07) is 0. The fourth-order valence-electron chi connectivity index (χ4n) is 1.20. The van der Waals surface area contributed by atoms with Crippen molar-refractivity contribution in [2.45, 2.75) is 19.8 Å². The van der Waals surface area contributed by atoms with Crippen LogP contribution in [0.25, 0.3) is 0 Å². The summed E-state index contributed by atoms with van der Waals surface area (Å²) in [5.41, 5.74) is 5.43. The highest BCUT2D eigenvalue weighted by atomic mass is 16.5. The van der Waals surface area contributed by atoms with E-state index in [1.165, 1.54) is 12.8 Å². The zero-order chi connectivity index (χ0) is 11.1.